The Morgan fingerprint density at radius 1 is 1.04 bits per heavy atom. The Labute approximate surface area is 141 Å². The number of amides is 1. The molecule has 0 saturated heterocycles. The molecule has 1 aliphatic rings. The van der Waals surface area contributed by atoms with Gasteiger partial charge in [0.05, 0.1) is 14.2 Å². The van der Waals surface area contributed by atoms with Crippen LogP contribution in [0.1, 0.15) is 12.0 Å². The summed E-state index contributed by atoms with van der Waals surface area (Å²) in [6.07, 6.45) is 1.97. The fourth-order valence-corrected chi connectivity index (χ4v) is 2.98. The van der Waals surface area contributed by atoms with E-state index in [0.29, 0.717) is 23.8 Å². The van der Waals surface area contributed by atoms with Gasteiger partial charge in [0, 0.05) is 12.2 Å². The molecule has 126 valence electrons. The Hall–Kier alpha value is -2.69. The second-order valence-corrected chi connectivity index (χ2v) is 5.56. The number of nitrogens with zero attached hydrogens (tertiary/aromatic N) is 1. The van der Waals surface area contributed by atoms with Crippen LogP contribution in [-0.4, -0.2) is 33.3 Å². The van der Waals surface area contributed by atoms with E-state index in [9.17, 15) is 4.79 Å². The third kappa shape index (κ3) is 3.15. The number of rotatable bonds is 5. The number of anilines is 1. The van der Waals surface area contributed by atoms with Gasteiger partial charge in [-0.05, 0) is 36.6 Å². The highest BCUT2D eigenvalue weighted by Gasteiger charge is 2.23. The zero-order chi connectivity index (χ0) is 16.9. The van der Waals surface area contributed by atoms with E-state index in [1.165, 1.54) is 5.56 Å². The molecule has 1 amide bonds. The van der Waals surface area contributed by atoms with Gasteiger partial charge in [0.25, 0.3) is 5.91 Å². The van der Waals surface area contributed by atoms with Gasteiger partial charge in [-0.1, -0.05) is 24.3 Å². The minimum atomic E-state index is -0.0629. The SMILES string of the molecule is COc1cccc(OCC(=O)N2CCCc3ccccc32)c1OC. The lowest BCUT2D eigenvalue weighted by Gasteiger charge is -2.29. The van der Waals surface area contributed by atoms with Gasteiger partial charge in [-0.15, -0.1) is 0 Å². The van der Waals surface area contributed by atoms with Crippen LogP contribution in [0.15, 0.2) is 42.5 Å². The molecule has 0 aliphatic carbocycles. The molecule has 0 saturated carbocycles. The first-order chi connectivity index (χ1) is 11.7. The number of methoxy groups -OCH3 is 2. The number of benzene rings is 2. The van der Waals surface area contributed by atoms with Crippen LogP contribution in [0.4, 0.5) is 5.69 Å². The smallest absolute Gasteiger partial charge is 0.264 e. The van der Waals surface area contributed by atoms with Gasteiger partial charge in [-0.2, -0.15) is 0 Å². The second kappa shape index (κ2) is 7.25. The van der Waals surface area contributed by atoms with E-state index in [-0.39, 0.29) is 12.5 Å². The summed E-state index contributed by atoms with van der Waals surface area (Å²) in [5.74, 6) is 1.50. The molecule has 2 aromatic rings. The van der Waals surface area contributed by atoms with Gasteiger partial charge in [0.15, 0.2) is 18.1 Å². The zero-order valence-electron chi connectivity index (χ0n) is 14.0. The van der Waals surface area contributed by atoms with Crippen molar-refractivity contribution in [2.45, 2.75) is 12.8 Å². The zero-order valence-corrected chi connectivity index (χ0v) is 14.0. The highest BCUT2D eigenvalue weighted by atomic mass is 16.5. The number of carbonyl (C=O) groups is 1. The third-order valence-electron chi connectivity index (χ3n) is 4.13. The molecule has 5 heteroatoms. The van der Waals surface area contributed by atoms with E-state index in [1.54, 1.807) is 37.3 Å². The number of hydrogen-bond donors (Lipinski definition) is 0. The molecule has 0 N–H and O–H groups in total. The number of para-hydroxylation sites is 2. The van der Waals surface area contributed by atoms with Crippen molar-refractivity contribution < 1.29 is 19.0 Å². The minimum absolute atomic E-state index is 0.0438. The molecule has 0 atom stereocenters. The molecular formula is C19H21NO4. The quantitative estimate of drug-likeness (QED) is 0.847. The first kappa shape index (κ1) is 16.2. The molecule has 3 rings (SSSR count). The average Bonchev–Trinajstić information content (AvgIpc) is 2.65. The number of fused-ring (bicyclic) bond motifs is 1. The normalized spacial score (nSPS) is 13.2. The molecule has 0 bridgehead atoms. The van der Waals surface area contributed by atoms with Crippen molar-refractivity contribution in [3.8, 4) is 17.2 Å². The number of ether oxygens (including phenoxy) is 3. The first-order valence-electron chi connectivity index (χ1n) is 7.96. The maximum absolute atomic E-state index is 12.6. The van der Waals surface area contributed by atoms with Crippen molar-refractivity contribution in [3.63, 3.8) is 0 Å². The fourth-order valence-electron chi connectivity index (χ4n) is 2.98. The summed E-state index contributed by atoms with van der Waals surface area (Å²) in [6.45, 7) is 0.673. The van der Waals surface area contributed by atoms with Crippen LogP contribution < -0.4 is 19.1 Å². The highest BCUT2D eigenvalue weighted by molar-refractivity contribution is 5.95. The molecular weight excluding hydrogens is 306 g/mol. The van der Waals surface area contributed by atoms with Crippen LogP contribution in [0.2, 0.25) is 0 Å². The molecule has 1 heterocycles. The lowest BCUT2D eigenvalue weighted by molar-refractivity contribution is -0.120. The van der Waals surface area contributed by atoms with Crippen molar-refractivity contribution >= 4 is 11.6 Å². The van der Waals surface area contributed by atoms with Crippen molar-refractivity contribution in [2.24, 2.45) is 0 Å². The number of carbonyl (C=O) groups excluding carboxylic acids is 1. The molecule has 0 unspecified atom stereocenters. The molecule has 24 heavy (non-hydrogen) atoms. The Balaban J connectivity index is 1.73. The van der Waals surface area contributed by atoms with E-state index in [0.717, 1.165) is 18.5 Å². The summed E-state index contributed by atoms with van der Waals surface area (Å²) in [6, 6.07) is 13.4. The van der Waals surface area contributed by atoms with Crippen molar-refractivity contribution in [1.82, 2.24) is 0 Å². The van der Waals surface area contributed by atoms with Crippen LogP contribution >= 0.6 is 0 Å². The second-order valence-electron chi connectivity index (χ2n) is 5.56. The van der Waals surface area contributed by atoms with Gasteiger partial charge in [0.1, 0.15) is 0 Å². The van der Waals surface area contributed by atoms with Crippen LogP contribution in [-0.2, 0) is 11.2 Å². The molecule has 2 aromatic carbocycles. The van der Waals surface area contributed by atoms with Gasteiger partial charge < -0.3 is 19.1 Å². The van der Waals surface area contributed by atoms with E-state index < -0.39 is 0 Å². The standard InChI is InChI=1S/C19H21NO4/c1-22-16-10-5-11-17(19(16)23-2)24-13-18(21)20-12-6-8-14-7-3-4-9-15(14)20/h3-5,7,9-11H,6,8,12-13H2,1-2H3. The highest BCUT2D eigenvalue weighted by Crippen LogP contribution is 2.36. The molecule has 0 aromatic heterocycles. The van der Waals surface area contributed by atoms with Crippen LogP contribution in [0.5, 0.6) is 17.2 Å². The Kier molecular flexibility index (Phi) is 4.89. The van der Waals surface area contributed by atoms with Crippen LogP contribution in [0.3, 0.4) is 0 Å². The van der Waals surface area contributed by atoms with Gasteiger partial charge in [0.2, 0.25) is 5.75 Å². The Morgan fingerprint density at radius 2 is 1.83 bits per heavy atom. The molecule has 0 radical (unpaired) electrons. The Bertz CT molecular complexity index is 729. The number of aryl methyl sites for hydroxylation is 1. The number of hydrogen-bond acceptors (Lipinski definition) is 4. The first-order valence-corrected chi connectivity index (χ1v) is 7.96. The fraction of sp³-hybridized carbons (Fsp3) is 0.316. The summed E-state index contributed by atoms with van der Waals surface area (Å²) in [7, 11) is 3.12. The average molecular weight is 327 g/mol. The maximum Gasteiger partial charge on any atom is 0.264 e. The summed E-state index contributed by atoms with van der Waals surface area (Å²) >= 11 is 0. The van der Waals surface area contributed by atoms with Gasteiger partial charge in [-0.3, -0.25) is 4.79 Å². The maximum atomic E-state index is 12.6. The lowest BCUT2D eigenvalue weighted by atomic mass is 10.0. The van der Waals surface area contributed by atoms with Gasteiger partial charge in [-0.25, -0.2) is 0 Å². The summed E-state index contributed by atoms with van der Waals surface area (Å²) in [5, 5.41) is 0. The monoisotopic (exact) mass is 327 g/mol. The van der Waals surface area contributed by atoms with Crippen LogP contribution in [0.25, 0.3) is 0 Å². The van der Waals surface area contributed by atoms with E-state index >= 15 is 0 Å². The molecule has 0 spiro atoms. The van der Waals surface area contributed by atoms with Crippen molar-refractivity contribution in [3.05, 3.63) is 48.0 Å². The Morgan fingerprint density at radius 3 is 2.62 bits per heavy atom. The lowest BCUT2D eigenvalue weighted by Crippen LogP contribution is -2.38. The predicted octanol–water partition coefficient (Wildman–Crippen LogP) is 3.06. The third-order valence-corrected chi connectivity index (χ3v) is 4.13. The summed E-state index contributed by atoms with van der Waals surface area (Å²) in [5.41, 5.74) is 2.19. The van der Waals surface area contributed by atoms with E-state index in [1.807, 2.05) is 18.2 Å². The largest absolute Gasteiger partial charge is 0.493 e. The molecule has 0 fully saturated rings. The van der Waals surface area contributed by atoms with Crippen LogP contribution in [0, 0.1) is 0 Å². The minimum Gasteiger partial charge on any atom is -0.493 e. The summed E-state index contributed by atoms with van der Waals surface area (Å²) < 4.78 is 16.3. The summed E-state index contributed by atoms with van der Waals surface area (Å²) in [4.78, 5) is 14.4. The van der Waals surface area contributed by atoms with E-state index in [4.69, 9.17) is 14.2 Å². The predicted molar refractivity (Wildman–Crippen MR) is 92.2 cm³/mol. The molecule has 1 aliphatic heterocycles. The van der Waals surface area contributed by atoms with E-state index in [2.05, 4.69) is 6.07 Å². The van der Waals surface area contributed by atoms with Gasteiger partial charge >= 0.3 is 0 Å². The van der Waals surface area contributed by atoms with Crippen molar-refractivity contribution in [1.29, 1.82) is 0 Å². The molecule has 5 nitrogen and oxygen atoms in total. The van der Waals surface area contributed by atoms with Crippen molar-refractivity contribution in [2.75, 3.05) is 32.3 Å². The topological polar surface area (TPSA) is 48.0 Å².